The maximum Gasteiger partial charge on any atom is 0.573 e. The van der Waals surface area contributed by atoms with Gasteiger partial charge in [0.15, 0.2) is 11.6 Å². The molecule has 3 rings (SSSR count). The summed E-state index contributed by atoms with van der Waals surface area (Å²) in [5, 5.41) is 6.63. The van der Waals surface area contributed by atoms with Gasteiger partial charge in [-0.15, -0.1) is 13.2 Å². The summed E-state index contributed by atoms with van der Waals surface area (Å²) in [5.74, 6) is 0.328. The summed E-state index contributed by atoms with van der Waals surface area (Å²) >= 11 is 6.11. The first-order valence-electron chi connectivity index (χ1n) is 7.98. The molecule has 28 heavy (non-hydrogen) atoms. The molecule has 10 heteroatoms. The van der Waals surface area contributed by atoms with E-state index in [0.29, 0.717) is 22.3 Å². The maximum atomic E-state index is 12.2. The highest BCUT2D eigenvalue weighted by molar-refractivity contribution is 6.31. The Morgan fingerprint density at radius 3 is 2.29 bits per heavy atom. The standard InChI is InChI=1S/C18H15ClF3N5O/c1-10-13(19)3-2-4-14(10)27-17-15(23)16(24-9-25-17)26-11-5-7-12(8-6-11)28-18(20,21)22/h2-9H,23H2,1H3,(H2,24,25,26,27). The van der Waals surface area contributed by atoms with Crippen molar-refractivity contribution in [2.45, 2.75) is 13.3 Å². The predicted octanol–water partition coefficient (Wildman–Crippen LogP) is 5.41. The van der Waals surface area contributed by atoms with E-state index in [9.17, 15) is 13.2 Å². The molecule has 0 saturated carbocycles. The first kappa shape index (κ1) is 19.6. The Labute approximate surface area is 163 Å². The summed E-state index contributed by atoms with van der Waals surface area (Å²) in [6.07, 6.45) is -3.44. The van der Waals surface area contributed by atoms with Crippen molar-refractivity contribution in [3.8, 4) is 5.75 Å². The number of rotatable bonds is 5. The third-order valence-corrected chi connectivity index (χ3v) is 4.16. The predicted molar refractivity (Wildman–Crippen MR) is 102 cm³/mol. The van der Waals surface area contributed by atoms with Gasteiger partial charge in [0.1, 0.15) is 17.8 Å². The third kappa shape index (κ3) is 4.74. The van der Waals surface area contributed by atoms with Crippen LogP contribution in [0.2, 0.25) is 5.02 Å². The van der Waals surface area contributed by atoms with Crippen LogP contribution in [0.15, 0.2) is 48.8 Å². The molecule has 0 bridgehead atoms. The Bertz CT molecular complexity index is 980. The highest BCUT2D eigenvalue weighted by atomic mass is 35.5. The average Bonchev–Trinajstić information content (AvgIpc) is 2.62. The summed E-state index contributed by atoms with van der Waals surface area (Å²) in [6, 6.07) is 10.6. The van der Waals surface area contributed by atoms with Gasteiger partial charge in [-0.05, 0) is 48.9 Å². The first-order chi connectivity index (χ1) is 13.2. The molecule has 0 aliphatic heterocycles. The third-order valence-electron chi connectivity index (χ3n) is 3.76. The second-order valence-electron chi connectivity index (χ2n) is 5.72. The van der Waals surface area contributed by atoms with E-state index in [-0.39, 0.29) is 11.4 Å². The molecule has 0 fully saturated rings. The smallest absolute Gasteiger partial charge is 0.406 e. The number of nitrogens with two attached hydrogens (primary N) is 1. The minimum atomic E-state index is -4.74. The summed E-state index contributed by atoms with van der Waals surface area (Å²) < 4.78 is 40.5. The van der Waals surface area contributed by atoms with Crippen LogP contribution in [0.4, 0.5) is 41.9 Å². The monoisotopic (exact) mass is 409 g/mol. The number of alkyl halides is 3. The van der Waals surface area contributed by atoms with E-state index in [2.05, 4.69) is 25.3 Å². The number of nitrogens with zero attached hydrogens (tertiary/aromatic N) is 2. The van der Waals surface area contributed by atoms with Crippen molar-refractivity contribution in [3.05, 3.63) is 59.4 Å². The molecule has 2 aromatic carbocycles. The van der Waals surface area contributed by atoms with Gasteiger partial charge in [-0.25, -0.2) is 9.97 Å². The molecule has 3 aromatic rings. The topological polar surface area (TPSA) is 85.1 Å². The molecule has 1 aromatic heterocycles. The normalized spacial score (nSPS) is 11.2. The van der Waals surface area contributed by atoms with Crippen molar-refractivity contribution < 1.29 is 17.9 Å². The molecular weight excluding hydrogens is 395 g/mol. The lowest BCUT2D eigenvalue weighted by molar-refractivity contribution is -0.274. The molecular formula is C18H15ClF3N5O. The van der Waals surface area contributed by atoms with Crippen molar-refractivity contribution in [2.75, 3.05) is 16.4 Å². The summed E-state index contributed by atoms with van der Waals surface area (Å²) in [7, 11) is 0. The van der Waals surface area contributed by atoms with E-state index in [1.165, 1.54) is 30.6 Å². The number of anilines is 5. The molecule has 0 unspecified atom stereocenters. The number of aromatic nitrogens is 2. The van der Waals surface area contributed by atoms with Gasteiger partial charge in [-0.1, -0.05) is 17.7 Å². The van der Waals surface area contributed by atoms with Crippen molar-refractivity contribution in [3.63, 3.8) is 0 Å². The van der Waals surface area contributed by atoms with Crippen molar-refractivity contribution in [1.29, 1.82) is 0 Å². The molecule has 0 aliphatic carbocycles. The summed E-state index contributed by atoms with van der Waals surface area (Å²) in [5.41, 5.74) is 8.40. The van der Waals surface area contributed by atoms with Gasteiger partial charge in [0, 0.05) is 16.4 Å². The van der Waals surface area contributed by atoms with Crippen molar-refractivity contribution in [1.82, 2.24) is 9.97 Å². The molecule has 146 valence electrons. The molecule has 0 radical (unpaired) electrons. The highest BCUT2D eigenvalue weighted by Gasteiger charge is 2.30. The summed E-state index contributed by atoms with van der Waals surface area (Å²) in [4.78, 5) is 8.20. The number of nitrogen functional groups attached to an aromatic ring is 1. The van der Waals surface area contributed by atoms with E-state index in [1.807, 2.05) is 13.0 Å². The van der Waals surface area contributed by atoms with Gasteiger partial charge in [-0.2, -0.15) is 0 Å². The van der Waals surface area contributed by atoms with E-state index in [0.717, 1.165) is 11.3 Å². The zero-order chi connectivity index (χ0) is 20.3. The molecule has 0 amide bonds. The fraction of sp³-hybridized carbons (Fsp3) is 0.111. The van der Waals surface area contributed by atoms with Gasteiger partial charge in [0.05, 0.1) is 0 Å². The lowest BCUT2D eigenvalue weighted by atomic mass is 10.2. The van der Waals surface area contributed by atoms with Crippen LogP contribution in [-0.4, -0.2) is 16.3 Å². The lowest BCUT2D eigenvalue weighted by Crippen LogP contribution is -2.17. The number of hydrogen-bond donors (Lipinski definition) is 3. The van der Waals surface area contributed by atoms with Crippen LogP contribution >= 0.6 is 11.6 Å². The highest BCUT2D eigenvalue weighted by Crippen LogP contribution is 2.31. The Morgan fingerprint density at radius 2 is 1.64 bits per heavy atom. The van der Waals surface area contributed by atoms with Crippen LogP contribution in [0, 0.1) is 6.92 Å². The molecule has 6 nitrogen and oxygen atoms in total. The van der Waals surface area contributed by atoms with Gasteiger partial charge >= 0.3 is 6.36 Å². The minimum absolute atomic E-state index is 0.234. The molecule has 0 saturated heterocycles. The van der Waals surface area contributed by atoms with Crippen LogP contribution < -0.4 is 21.1 Å². The summed E-state index contributed by atoms with van der Waals surface area (Å²) in [6.45, 7) is 1.85. The maximum absolute atomic E-state index is 12.2. The SMILES string of the molecule is Cc1c(Cl)cccc1Nc1ncnc(Nc2ccc(OC(F)(F)F)cc2)c1N. The van der Waals surface area contributed by atoms with Crippen molar-refractivity contribution >= 4 is 40.3 Å². The van der Waals surface area contributed by atoms with E-state index in [4.69, 9.17) is 17.3 Å². The number of benzene rings is 2. The fourth-order valence-electron chi connectivity index (χ4n) is 2.34. The van der Waals surface area contributed by atoms with Crippen molar-refractivity contribution in [2.24, 2.45) is 0 Å². The Hall–Kier alpha value is -3.20. The fourth-order valence-corrected chi connectivity index (χ4v) is 2.52. The van der Waals surface area contributed by atoms with Crippen LogP contribution in [-0.2, 0) is 0 Å². The van der Waals surface area contributed by atoms with Gasteiger partial charge in [-0.3, -0.25) is 0 Å². The number of ether oxygens (including phenoxy) is 1. The number of halogens is 4. The molecule has 1 heterocycles. The molecule has 0 aliphatic rings. The van der Waals surface area contributed by atoms with Crippen LogP contribution in [0.3, 0.4) is 0 Å². The largest absolute Gasteiger partial charge is 0.573 e. The minimum Gasteiger partial charge on any atom is -0.406 e. The molecule has 4 N–H and O–H groups in total. The van der Waals surface area contributed by atoms with Gasteiger partial charge in [0.2, 0.25) is 0 Å². The van der Waals surface area contributed by atoms with E-state index < -0.39 is 6.36 Å². The first-order valence-corrected chi connectivity index (χ1v) is 8.36. The van der Waals surface area contributed by atoms with Gasteiger partial charge in [0.25, 0.3) is 0 Å². The van der Waals surface area contributed by atoms with Gasteiger partial charge < -0.3 is 21.1 Å². The zero-order valence-electron chi connectivity index (χ0n) is 14.5. The molecule has 0 atom stereocenters. The lowest BCUT2D eigenvalue weighted by Gasteiger charge is -2.14. The number of hydrogen-bond acceptors (Lipinski definition) is 6. The quantitative estimate of drug-likeness (QED) is 0.522. The second-order valence-corrected chi connectivity index (χ2v) is 6.13. The second kappa shape index (κ2) is 7.81. The van der Waals surface area contributed by atoms with Crippen LogP contribution in [0.25, 0.3) is 0 Å². The average molecular weight is 410 g/mol. The van der Waals surface area contributed by atoms with E-state index >= 15 is 0 Å². The Morgan fingerprint density at radius 1 is 1.00 bits per heavy atom. The zero-order valence-corrected chi connectivity index (χ0v) is 15.3. The number of nitrogens with one attached hydrogen (secondary N) is 2. The van der Waals surface area contributed by atoms with Crippen LogP contribution in [0.1, 0.15) is 5.56 Å². The molecule has 0 spiro atoms. The van der Waals surface area contributed by atoms with E-state index in [1.54, 1.807) is 12.1 Å². The Kier molecular flexibility index (Phi) is 5.46. The Balaban J connectivity index is 1.78. The van der Waals surface area contributed by atoms with Crippen LogP contribution in [0.5, 0.6) is 5.75 Å².